The van der Waals surface area contributed by atoms with Gasteiger partial charge in [0.25, 0.3) is 0 Å². The zero-order valence-electron chi connectivity index (χ0n) is 9.63. The first-order valence-electron chi connectivity index (χ1n) is 5.38. The van der Waals surface area contributed by atoms with Crippen molar-refractivity contribution in [1.29, 1.82) is 0 Å². The van der Waals surface area contributed by atoms with Gasteiger partial charge in [0.2, 0.25) is 0 Å². The molecule has 1 rings (SSSR count). The first-order valence-corrected chi connectivity index (χ1v) is 6.17. The quantitative estimate of drug-likeness (QED) is 0.883. The molecule has 1 N–H and O–H groups in total. The lowest BCUT2D eigenvalue weighted by atomic mass is 9.81. The predicted octanol–water partition coefficient (Wildman–Crippen LogP) is 3.79. The van der Waals surface area contributed by atoms with E-state index in [1.165, 1.54) is 5.56 Å². The Morgan fingerprint density at radius 1 is 1.27 bits per heavy atom. The second-order valence-corrected chi connectivity index (χ2v) is 5.60. The molecule has 1 nitrogen and oxygen atoms in total. The van der Waals surface area contributed by atoms with Crippen LogP contribution in [0.3, 0.4) is 0 Å². The molecule has 0 amide bonds. The van der Waals surface area contributed by atoms with Gasteiger partial charge in [0.1, 0.15) is 0 Å². The number of halogens is 1. The molecule has 1 unspecified atom stereocenters. The van der Waals surface area contributed by atoms with Gasteiger partial charge in [0.05, 0.1) is 6.10 Å². The van der Waals surface area contributed by atoms with E-state index in [4.69, 9.17) is 0 Å². The van der Waals surface area contributed by atoms with E-state index >= 15 is 0 Å². The lowest BCUT2D eigenvalue weighted by Gasteiger charge is -2.29. The molecule has 0 heterocycles. The monoisotopic (exact) mass is 270 g/mol. The first-order chi connectivity index (χ1) is 6.95. The average Bonchev–Trinajstić information content (AvgIpc) is 2.21. The highest BCUT2D eigenvalue weighted by molar-refractivity contribution is 9.10. The third-order valence-corrected chi connectivity index (χ3v) is 3.68. The van der Waals surface area contributed by atoms with Gasteiger partial charge in [-0.2, -0.15) is 0 Å². The Hall–Kier alpha value is -0.340. The molecule has 0 fully saturated rings. The molecule has 1 aromatic carbocycles. The Morgan fingerprint density at radius 3 is 2.27 bits per heavy atom. The van der Waals surface area contributed by atoms with Crippen LogP contribution in [0.1, 0.15) is 32.8 Å². The smallest absolute Gasteiger partial charge is 0.0631 e. The van der Waals surface area contributed by atoms with Crippen molar-refractivity contribution in [3.05, 3.63) is 34.3 Å². The van der Waals surface area contributed by atoms with E-state index in [0.29, 0.717) is 0 Å². The lowest BCUT2D eigenvalue weighted by Crippen LogP contribution is -2.30. The normalized spacial score (nSPS) is 13.9. The van der Waals surface area contributed by atoms with Crippen molar-refractivity contribution < 1.29 is 5.11 Å². The minimum Gasteiger partial charge on any atom is -0.392 e. The van der Waals surface area contributed by atoms with Crippen molar-refractivity contribution in [2.24, 2.45) is 5.41 Å². The highest BCUT2D eigenvalue weighted by Gasteiger charge is 2.25. The van der Waals surface area contributed by atoms with E-state index < -0.39 is 0 Å². The van der Waals surface area contributed by atoms with E-state index in [-0.39, 0.29) is 11.5 Å². The average molecular weight is 271 g/mol. The zero-order chi connectivity index (χ0) is 11.5. The maximum atomic E-state index is 10.1. The molecule has 0 aliphatic heterocycles. The SMILES string of the molecule is CCC(C)(C)C(O)Cc1ccc(Br)cc1. The van der Waals surface area contributed by atoms with Crippen LogP contribution in [0.5, 0.6) is 0 Å². The van der Waals surface area contributed by atoms with Crippen molar-refractivity contribution in [2.75, 3.05) is 0 Å². The predicted molar refractivity (Wildman–Crippen MR) is 67.9 cm³/mol. The third-order valence-electron chi connectivity index (χ3n) is 3.16. The van der Waals surface area contributed by atoms with E-state index in [1.54, 1.807) is 0 Å². The van der Waals surface area contributed by atoms with Crippen LogP contribution < -0.4 is 0 Å². The van der Waals surface area contributed by atoms with E-state index in [9.17, 15) is 5.11 Å². The molecule has 0 spiro atoms. The highest BCUT2D eigenvalue weighted by Crippen LogP contribution is 2.27. The minimum atomic E-state index is -0.274. The molecule has 0 aliphatic rings. The van der Waals surface area contributed by atoms with Crippen molar-refractivity contribution in [3.8, 4) is 0 Å². The van der Waals surface area contributed by atoms with Gasteiger partial charge in [-0.3, -0.25) is 0 Å². The second-order valence-electron chi connectivity index (χ2n) is 4.69. The van der Waals surface area contributed by atoms with Crippen molar-refractivity contribution >= 4 is 15.9 Å². The van der Waals surface area contributed by atoms with Crippen molar-refractivity contribution in [2.45, 2.75) is 39.7 Å². The second kappa shape index (κ2) is 5.13. The highest BCUT2D eigenvalue weighted by atomic mass is 79.9. The summed E-state index contributed by atoms with van der Waals surface area (Å²) < 4.78 is 1.08. The van der Waals surface area contributed by atoms with Gasteiger partial charge in [-0.25, -0.2) is 0 Å². The van der Waals surface area contributed by atoms with Crippen LogP contribution in [0.25, 0.3) is 0 Å². The molecule has 0 aliphatic carbocycles. The molecule has 2 heteroatoms. The van der Waals surface area contributed by atoms with E-state index in [0.717, 1.165) is 17.3 Å². The Bertz CT molecular complexity index is 303. The summed E-state index contributed by atoms with van der Waals surface area (Å²) in [6, 6.07) is 8.14. The molecular weight excluding hydrogens is 252 g/mol. The fourth-order valence-corrected chi connectivity index (χ4v) is 1.62. The number of rotatable bonds is 4. The Kier molecular flexibility index (Phi) is 4.35. The van der Waals surface area contributed by atoms with Crippen LogP contribution in [0.4, 0.5) is 0 Å². The molecule has 1 atom stereocenters. The summed E-state index contributed by atoms with van der Waals surface area (Å²) in [6.45, 7) is 6.33. The summed E-state index contributed by atoms with van der Waals surface area (Å²) in [7, 11) is 0. The number of aliphatic hydroxyl groups excluding tert-OH is 1. The Balaban J connectivity index is 2.66. The van der Waals surface area contributed by atoms with Gasteiger partial charge in [-0.1, -0.05) is 48.8 Å². The van der Waals surface area contributed by atoms with Crippen LogP contribution in [-0.4, -0.2) is 11.2 Å². The van der Waals surface area contributed by atoms with Crippen LogP contribution in [0, 0.1) is 5.41 Å². The molecular formula is C13H19BrO. The van der Waals surface area contributed by atoms with Crippen molar-refractivity contribution in [1.82, 2.24) is 0 Å². The summed E-state index contributed by atoms with van der Waals surface area (Å²) in [5, 5.41) is 10.1. The van der Waals surface area contributed by atoms with Crippen LogP contribution in [0.2, 0.25) is 0 Å². The summed E-state index contributed by atoms with van der Waals surface area (Å²) >= 11 is 3.40. The van der Waals surface area contributed by atoms with E-state index in [2.05, 4.69) is 48.8 Å². The summed E-state index contributed by atoms with van der Waals surface area (Å²) in [4.78, 5) is 0. The summed E-state index contributed by atoms with van der Waals surface area (Å²) in [5.41, 5.74) is 1.18. The molecule has 0 bridgehead atoms. The number of aliphatic hydroxyl groups is 1. The number of hydrogen-bond donors (Lipinski definition) is 1. The Morgan fingerprint density at radius 2 is 1.80 bits per heavy atom. The number of hydrogen-bond acceptors (Lipinski definition) is 1. The van der Waals surface area contributed by atoms with Crippen LogP contribution in [-0.2, 0) is 6.42 Å². The summed E-state index contributed by atoms with van der Waals surface area (Å²) in [5.74, 6) is 0. The minimum absolute atomic E-state index is 0.00687. The molecule has 84 valence electrons. The first kappa shape index (κ1) is 12.7. The maximum Gasteiger partial charge on any atom is 0.0631 e. The topological polar surface area (TPSA) is 20.2 Å². The summed E-state index contributed by atoms with van der Waals surface area (Å²) in [6.07, 6.45) is 1.45. The van der Waals surface area contributed by atoms with Gasteiger partial charge in [0, 0.05) is 4.47 Å². The largest absolute Gasteiger partial charge is 0.392 e. The molecule has 0 radical (unpaired) electrons. The fourth-order valence-electron chi connectivity index (χ4n) is 1.36. The van der Waals surface area contributed by atoms with Gasteiger partial charge >= 0.3 is 0 Å². The van der Waals surface area contributed by atoms with Gasteiger partial charge in [0.15, 0.2) is 0 Å². The standard InChI is InChI=1S/C13H19BrO/c1-4-13(2,3)12(15)9-10-5-7-11(14)8-6-10/h5-8,12,15H,4,9H2,1-3H3. The van der Waals surface area contributed by atoms with Gasteiger partial charge in [-0.05, 0) is 36.0 Å². The van der Waals surface area contributed by atoms with Gasteiger partial charge in [-0.15, -0.1) is 0 Å². The maximum absolute atomic E-state index is 10.1. The Labute approximate surface area is 101 Å². The third kappa shape index (κ3) is 3.62. The van der Waals surface area contributed by atoms with Crippen molar-refractivity contribution in [3.63, 3.8) is 0 Å². The molecule has 15 heavy (non-hydrogen) atoms. The zero-order valence-corrected chi connectivity index (χ0v) is 11.2. The van der Waals surface area contributed by atoms with Gasteiger partial charge < -0.3 is 5.11 Å². The van der Waals surface area contributed by atoms with Crippen LogP contribution in [0.15, 0.2) is 28.7 Å². The number of benzene rings is 1. The van der Waals surface area contributed by atoms with E-state index in [1.807, 2.05) is 12.1 Å². The molecule has 0 saturated heterocycles. The molecule has 0 saturated carbocycles. The molecule has 0 aromatic heterocycles. The molecule has 1 aromatic rings. The lowest BCUT2D eigenvalue weighted by molar-refractivity contribution is 0.0479. The van der Waals surface area contributed by atoms with Crippen LogP contribution >= 0.6 is 15.9 Å². The fraction of sp³-hybridized carbons (Fsp3) is 0.538.